The minimum Gasteiger partial charge on any atom is -0.497 e. The lowest BCUT2D eigenvalue weighted by atomic mass is 9.69. The molecule has 1 atom stereocenters. The van der Waals surface area contributed by atoms with Crippen molar-refractivity contribution in [2.24, 2.45) is 0 Å². The predicted molar refractivity (Wildman–Crippen MR) is 318 cm³/mol. The van der Waals surface area contributed by atoms with Crippen molar-refractivity contribution < 1.29 is 4.74 Å². The van der Waals surface area contributed by atoms with E-state index in [-0.39, 0.29) is 0 Å². The van der Waals surface area contributed by atoms with Gasteiger partial charge in [0.05, 0.1) is 12.5 Å². The van der Waals surface area contributed by atoms with Crippen LogP contribution in [0.5, 0.6) is 5.75 Å². The van der Waals surface area contributed by atoms with Crippen LogP contribution in [-0.4, -0.2) is 7.11 Å². The second-order valence-corrected chi connectivity index (χ2v) is 20.3. The SMILES string of the molecule is C=C/C(C)=C\C1=C(C)c2ccc(N(c3ccc(C)cc3)c3ccc(C)cc3)cc2C12c1cc(N(c3ccc(C)cc3)c3ccc(CC)cc3)ccc1-c1ccc(N(c3ccc(CC)cc3)c3ccc(OC)cc3)cc12. The van der Waals surface area contributed by atoms with Crippen molar-refractivity contribution in [2.45, 2.75) is 66.7 Å². The minimum atomic E-state index is -0.759. The number of fused-ring (bicyclic) bond motifs is 7. The molecule has 0 saturated carbocycles. The Bertz CT molecular complexity index is 3550. The third-order valence-corrected chi connectivity index (χ3v) is 15.6. The summed E-state index contributed by atoms with van der Waals surface area (Å²) in [5.41, 5.74) is 26.3. The van der Waals surface area contributed by atoms with Gasteiger partial charge in [0.15, 0.2) is 0 Å². The summed E-state index contributed by atoms with van der Waals surface area (Å²) in [6.07, 6.45) is 6.34. The highest BCUT2D eigenvalue weighted by Gasteiger charge is 2.52. The summed E-state index contributed by atoms with van der Waals surface area (Å²) in [6.45, 7) is 19.7. The van der Waals surface area contributed by atoms with Crippen LogP contribution in [0.25, 0.3) is 16.7 Å². The van der Waals surface area contributed by atoms with Crippen LogP contribution < -0.4 is 19.4 Å². The Morgan fingerprint density at radius 1 is 0.427 bits per heavy atom. The number of aryl methyl sites for hydroxylation is 5. The number of allylic oxidation sites excluding steroid dienone is 5. The van der Waals surface area contributed by atoms with Crippen molar-refractivity contribution in [3.05, 3.63) is 280 Å². The monoisotopic (exact) mass is 976 g/mol. The first-order valence-electron chi connectivity index (χ1n) is 26.4. The van der Waals surface area contributed by atoms with Crippen molar-refractivity contribution in [3.63, 3.8) is 0 Å². The Labute approximate surface area is 444 Å². The van der Waals surface area contributed by atoms with E-state index in [1.807, 2.05) is 6.08 Å². The lowest BCUT2D eigenvalue weighted by molar-refractivity contribution is 0.415. The van der Waals surface area contributed by atoms with Crippen molar-refractivity contribution in [1.82, 2.24) is 0 Å². The molecule has 0 aromatic heterocycles. The summed E-state index contributed by atoms with van der Waals surface area (Å²) in [7, 11) is 1.72. The molecule has 0 radical (unpaired) electrons. The summed E-state index contributed by atoms with van der Waals surface area (Å²) in [5, 5.41) is 0. The van der Waals surface area contributed by atoms with Crippen LogP contribution in [0.15, 0.2) is 230 Å². The molecule has 11 rings (SSSR count). The first-order chi connectivity index (χ1) is 36.5. The van der Waals surface area contributed by atoms with Crippen LogP contribution >= 0.6 is 0 Å². The van der Waals surface area contributed by atoms with Gasteiger partial charge in [-0.25, -0.2) is 0 Å². The molecule has 370 valence electrons. The average Bonchev–Trinajstić information content (AvgIpc) is 3.92. The minimum absolute atomic E-state index is 0.759. The third-order valence-electron chi connectivity index (χ3n) is 15.6. The number of anilines is 9. The fourth-order valence-electron chi connectivity index (χ4n) is 11.5. The topological polar surface area (TPSA) is 19.0 Å². The molecule has 9 aromatic rings. The van der Waals surface area contributed by atoms with Crippen LogP contribution in [-0.2, 0) is 18.3 Å². The maximum atomic E-state index is 5.69. The van der Waals surface area contributed by atoms with Crippen molar-refractivity contribution in [2.75, 3.05) is 21.8 Å². The molecule has 0 N–H and O–H groups in total. The third kappa shape index (κ3) is 8.64. The van der Waals surface area contributed by atoms with Gasteiger partial charge in [0.25, 0.3) is 0 Å². The van der Waals surface area contributed by atoms with Crippen molar-refractivity contribution in [3.8, 4) is 16.9 Å². The van der Waals surface area contributed by atoms with Crippen LogP contribution in [0, 0.1) is 20.8 Å². The largest absolute Gasteiger partial charge is 0.497 e. The Morgan fingerprint density at radius 3 is 1.07 bits per heavy atom. The summed E-state index contributed by atoms with van der Waals surface area (Å²) in [5.74, 6) is 0.818. The maximum Gasteiger partial charge on any atom is 0.119 e. The van der Waals surface area contributed by atoms with Gasteiger partial charge in [-0.15, -0.1) is 0 Å². The zero-order valence-corrected chi connectivity index (χ0v) is 44.6. The van der Waals surface area contributed by atoms with E-state index in [9.17, 15) is 0 Å². The van der Waals surface area contributed by atoms with Gasteiger partial charge in [0, 0.05) is 51.2 Å². The van der Waals surface area contributed by atoms with Gasteiger partial charge >= 0.3 is 0 Å². The lowest BCUT2D eigenvalue weighted by Gasteiger charge is -2.35. The first kappa shape index (κ1) is 48.7. The fraction of sp³-hybridized carbons (Fsp3) is 0.155. The highest BCUT2D eigenvalue weighted by molar-refractivity contribution is 5.99. The molecule has 2 aliphatic rings. The molecule has 0 bridgehead atoms. The van der Waals surface area contributed by atoms with Gasteiger partial charge in [-0.1, -0.05) is 134 Å². The van der Waals surface area contributed by atoms with E-state index in [0.717, 1.165) is 75.4 Å². The molecule has 0 heterocycles. The van der Waals surface area contributed by atoms with E-state index in [0.29, 0.717) is 0 Å². The molecule has 1 unspecified atom stereocenters. The smallest absolute Gasteiger partial charge is 0.119 e. The Balaban J connectivity index is 1.23. The molecule has 0 saturated heterocycles. The molecule has 4 heteroatoms. The summed E-state index contributed by atoms with van der Waals surface area (Å²) in [4.78, 5) is 7.24. The lowest BCUT2D eigenvalue weighted by Crippen LogP contribution is -2.28. The van der Waals surface area contributed by atoms with Crippen molar-refractivity contribution in [1.29, 1.82) is 0 Å². The second kappa shape index (κ2) is 20.0. The zero-order chi connectivity index (χ0) is 52.0. The summed E-state index contributed by atoms with van der Waals surface area (Å²) < 4.78 is 5.69. The van der Waals surface area contributed by atoms with E-state index in [4.69, 9.17) is 4.74 Å². The van der Waals surface area contributed by atoms with Crippen LogP contribution in [0.4, 0.5) is 51.2 Å². The highest BCUT2D eigenvalue weighted by Crippen LogP contribution is 2.64. The van der Waals surface area contributed by atoms with Crippen LogP contribution in [0.2, 0.25) is 0 Å². The van der Waals surface area contributed by atoms with E-state index >= 15 is 0 Å². The number of methoxy groups -OCH3 is 1. The quantitative estimate of drug-likeness (QED) is 0.101. The van der Waals surface area contributed by atoms with Gasteiger partial charge in [-0.05, 0) is 224 Å². The van der Waals surface area contributed by atoms with Gasteiger partial charge in [0.1, 0.15) is 5.75 Å². The number of nitrogens with zero attached hydrogens (tertiary/aromatic N) is 3. The van der Waals surface area contributed by atoms with E-state index < -0.39 is 5.41 Å². The molecule has 75 heavy (non-hydrogen) atoms. The summed E-state index contributed by atoms with van der Waals surface area (Å²) >= 11 is 0. The molecule has 2 aliphatic carbocycles. The number of hydrogen-bond acceptors (Lipinski definition) is 4. The Kier molecular flexibility index (Phi) is 13.0. The predicted octanol–water partition coefficient (Wildman–Crippen LogP) is 19.4. The Hall–Kier alpha value is -8.60. The number of benzene rings is 9. The van der Waals surface area contributed by atoms with Crippen LogP contribution in [0.1, 0.15) is 77.8 Å². The second-order valence-electron chi connectivity index (χ2n) is 20.3. The van der Waals surface area contributed by atoms with Gasteiger partial charge in [-0.2, -0.15) is 0 Å². The fourth-order valence-corrected chi connectivity index (χ4v) is 11.5. The standard InChI is InChI=1S/C71H65N3O/c1-10-47(4)43-67-51(8)64-40-35-60(72(54-23-13-48(5)14-24-54)55-25-15-49(6)16-26-55)44-68(64)71(67)69-45-61(73(56-27-17-50(7)18-28-56)57-29-19-52(11-2)20-30-57)36-41-65(69)66-42-37-62(46-70(66)71)74(58-31-21-53(12-3)22-32-58)59-33-38-63(75-9)39-34-59/h10,13-46H,1,11-12H2,2-9H3/b47-43-. The first-order valence-corrected chi connectivity index (χ1v) is 26.4. The molecular formula is C71H65N3O. The normalized spacial score (nSPS) is 14.4. The van der Waals surface area contributed by atoms with Gasteiger partial charge < -0.3 is 19.4 Å². The highest BCUT2D eigenvalue weighted by atomic mass is 16.5. The molecule has 9 aromatic carbocycles. The average molecular weight is 976 g/mol. The maximum absolute atomic E-state index is 5.69. The molecule has 1 spiro atoms. The van der Waals surface area contributed by atoms with Gasteiger partial charge in [0.2, 0.25) is 0 Å². The number of rotatable bonds is 14. The Morgan fingerprint density at radius 2 is 0.733 bits per heavy atom. The van der Waals surface area contributed by atoms with Crippen molar-refractivity contribution >= 4 is 56.8 Å². The molecule has 0 fully saturated rings. The van der Waals surface area contributed by atoms with E-state index in [2.05, 4.69) is 276 Å². The van der Waals surface area contributed by atoms with Crippen LogP contribution in [0.3, 0.4) is 0 Å². The zero-order valence-electron chi connectivity index (χ0n) is 44.6. The molecule has 4 nitrogen and oxygen atoms in total. The summed E-state index contributed by atoms with van der Waals surface area (Å²) in [6, 6.07) is 74.9. The molecule has 0 amide bonds. The molecule has 0 aliphatic heterocycles. The van der Waals surface area contributed by atoms with Gasteiger partial charge in [-0.3, -0.25) is 0 Å². The van der Waals surface area contributed by atoms with E-state index in [1.54, 1.807) is 7.11 Å². The van der Waals surface area contributed by atoms with E-state index in [1.165, 1.54) is 72.3 Å². The number of hydrogen-bond donors (Lipinski definition) is 0. The molecular weight excluding hydrogens is 911 g/mol. The number of ether oxygens (including phenoxy) is 1.